The molecule has 1 nitrogen and oxygen atoms in total. The first-order valence-electron chi connectivity index (χ1n) is 3.25. The maximum Gasteiger partial charge on any atom is 0.226 e. The van der Waals surface area contributed by atoms with Crippen molar-refractivity contribution in [2.45, 2.75) is 6.92 Å². The minimum atomic E-state index is 1.03. The van der Waals surface area contributed by atoms with E-state index in [0.717, 1.165) is 5.69 Å². The van der Waals surface area contributed by atoms with Crippen LogP contribution in [0.15, 0.2) is 24.3 Å². The summed E-state index contributed by atoms with van der Waals surface area (Å²) in [5.41, 5.74) is 2.29. The minimum absolute atomic E-state index is 1.03. The average molecular weight is 131 g/mol. The van der Waals surface area contributed by atoms with Crippen molar-refractivity contribution in [3.05, 3.63) is 29.8 Å². The lowest BCUT2D eigenvalue weighted by Crippen LogP contribution is -2.10. The molecule has 50 valence electrons. The van der Waals surface area contributed by atoms with Crippen molar-refractivity contribution in [2.24, 2.45) is 0 Å². The highest BCUT2D eigenvalue weighted by molar-refractivity contribution is 6.17. The van der Waals surface area contributed by atoms with Crippen LogP contribution in [0.5, 0.6) is 0 Å². The van der Waals surface area contributed by atoms with Gasteiger partial charge < -0.3 is 4.81 Å². The number of benzene rings is 1. The molecular weight excluding hydrogens is 121 g/mol. The lowest BCUT2D eigenvalue weighted by atomic mass is 10.2. The van der Waals surface area contributed by atoms with Crippen LogP contribution < -0.4 is 4.81 Å². The molecule has 0 aliphatic carbocycles. The van der Waals surface area contributed by atoms with Crippen LogP contribution in [0, 0.1) is 6.92 Å². The van der Waals surface area contributed by atoms with Crippen molar-refractivity contribution >= 4 is 13.7 Å². The zero-order valence-electron chi connectivity index (χ0n) is 6.33. The topological polar surface area (TPSA) is 3.24 Å². The van der Waals surface area contributed by atoms with Crippen LogP contribution in [0.2, 0.25) is 0 Å². The molecule has 0 aliphatic heterocycles. The predicted molar refractivity (Wildman–Crippen MR) is 45.3 cm³/mol. The van der Waals surface area contributed by atoms with Crippen LogP contribution in [-0.4, -0.2) is 15.0 Å². The quantitative estimate of drug-likeness (QED) is 0.522. The van der Waals surface area contributed by atoms with E-state index in [-0.39, 0.29) is 0 Å². The zero-order valence-corrected chi connectivity index (χ0v) is 6.33. The molecule has 0 atom stereocenters. The molecule has 0 bridgehead atoms. The minimum Gasteiger partial charge on any atom is -0.427 e. The number of hydrogen-bond acceptors (Lipinski definition) is 1. The molecule has 1 aromatic rings. The van der Waals surface area contributed by atoms with Crippen molar-refractivity contribution < 1.29 is 0 Å². The molecule has 1 rings (SSSR count). The van der Waals surface area contributed by atoms with Gasteiger partial charge in [0.2, 0.25) is 7.98 Å². The summed E-state index contributed by atoms with van der Waals surface area (Å²) < 4.78 is 0. The first-order chi connectivity index (χ1) is 4.70. The number of anilines is 1. The van der Waals surface area contributed by atoms with Gasteiger partial charge in [0.25, 0.3) is 0 Å². The Morgan fingerprint density at radius 2 is 1.70 bits per heavy atom. The molecule has 0 aliphatic rings. The normalized spacial score (nSPS) is 9.40. The summed E-state index contributed by atoms with van der Waals surface area (Å²) in [6.45, 7) is 2.06. The summed E-state index contributed by atoms with van der Waals surface area (Å²) in [7, 11) is 7.32. The van der Waals surface area contributed by atoms with Gasteiger partial charge in [-0.05, 0) is 26.1 Å². The number of aryl methyl sites for hydroxylation is 1. The fraction of sp³-hybridized carbons (Fsp3) is 0.250. The van der Waals surface area contributed by atoms with Crippen molar-refractivity contribution in [1.82, 2.24) is 0 Å². The highest BCUT2D eigenvalue weighted by Crippen LogP contribution is 2.10. The zero-order chi connectivity index (χ0) is 7.56. The molecule has 0 saturated carbocycles. The first-order valence-corrected chi connectivity index (χ1v) is 3.25. The maximum absolute atomic E-state index is 5.50. The molecule has 2 radical (unpaired) electrons. The molecule has 10 heavy (non-hydrogen) atoms. The molecule has 0 fully saturated rings. The first kappa shape index (κ1) is 7.20. The molecule has 0 saturated heterocycles. The highest BCUT2D eigenvalue weighted by atomic mass is 15.0. The van der Waals surface area contributed by atoms with E-state index in [2.05, 4.69) is 6.92 Å². The molecule has 0 amide bonds. The Balaban J connectivity index is 2.89. The van der Waals surface area contributed by atoms with E-state index in [1.165, 1.54) is 5.56 Å². The van der Waals surface area contributed by atoms with Gasteiger partial charge in [0.05, 0.1) is 0 Å². The molecule has 0 N–H and O–H groups in total. The standard InChI is InChI=1S/C8H10BN/c1-7-3-5-8(6-4-7)10(2)9/h3-6H,1-2H3. The third-order valence-electron chi connectivity index (χ3n) is 1.44. The van der Waals surface area contributed by atoms with E-state index < -0.39 is 0 Å². The van der Waals surface area contributed by atoms with E-state index in [0.29, 0.717) is 0 Å². The second-order valence-corrected chi connectivity index (χ2v) is 2.45. The Bertz CT molecular complexity index is 203. The van der Waals surface area contributed by atoms with Gasteiger partial charge in [0.1, 0.15) is 0 Å². The molecular formula is C8H10BN. The van der Waals surface area contributed by atoms with E-state index >= 15 is 0 Å². The van der Waals surface area contributed by atoms with Crippen molar-refractivity contribution in [1.29, 1.82) is 0 Å². The van der Waals surface area contributed by atoms with Crippen LogP contribution >= 0.6 is 0 Å². The van der Waals surface area contributed by atoms with Gasteiger partial charge in [0, 0.05) is 5.69 Å². The Morgan fingerprint density at radius 1 is 1.20 bits per heavy atom. The van der Waals surface area contributed by atoms with Crippen LogP contribution in [0.3, 0.4) is 0 Å². The van der Waals surface area contributed by atoms with Crippen molar-refractivity contribution in [3.8, 4) is 0 Å². The Hall–Kier alpha value is -0.915. The van der Waals surface area contributed by atoms with Gasteiger partial charge in [-0.25, -0.2) is 0 Å². The average Bonchev–Trinajstić information content (AvgIpc) is 1.88. The van der Waals surface area contributed by atoms with Crippen molar-refractivity contribution in [3.63, 3.8) is 0 Å². The SMILES string of the molecule is [B]N(C)c1ccc(C)cc1. The maximum atomic E-state index is 5.50. The van der Waals surface area contributed by atoms with Crippen molar-refractivity contribution in [2.75, 3.05) is 11.9 Å². The van der Waals surface area contributed by atoms with E-state index in [1.54, 1.807) is 4.81 Å². The number of nitrogens with zero attached hydrogens (tertiary/aromatic N) is 1. The largest absolute Gasteiger partial charge is 0.427 e. The monoisotopic (exact) mass is 131 g/mol. The van der Waals surface area contributed by atoms with Crippen LogP contribution in [0.25, 0.3) is 0 Å². The second-order valence-electron chi connectivity index (χ2n) is 2.45. The second kappa shape index (κ2) is 2.78. The number of rotatable bonds is 1. The number of hydrogen-bond donors (Lipinski definition) is 0. The van der Waals surface area contributed by atoms with Gasteiger partial charge in [-0.15, -0.1) is 0 Å². The molecule has 0 spiro atoms. The molecule has 2 heteroatoms. The van der Waals surface area contributed by atoms with Gasteiger partial charge in [-0.2, -0.15) is 0 Å². The molecule has 0 unspecified atom stereocenters. The summed E-state index contributed by atoms with van der Waals surface area (Å²) >= 11 is 0. The summed E-state index contributed by atoms with van der Waals surface area (Å²) in [4.78, 5) is 1.60. The lowest BCUT2D eigenvalue weighted by molar-refractivity contribution is 1.33. The van der Waals surface area contributed by atoms with Crippen LogP contribution in [-0.2, 0) is 0 Å². The highest BCUT2D eigenvalue weighted by Gasteiger charge is 1.90. The summed E-state index contributed by atoms with van der Waals surface area (Å²) in [6.07, 6.45) is 0. The fourth-order valence-corrected chi connectivity index (χ4v) is 0.780. The van der Waals surface area contributed by atoms with E-state index in [1.807, 2.05) is 31.3 Å². The summed E-state index contributed by atoms with van der Waals surface area (Å²) in [6, 6.07) is 8.07. The van der Waals surface area contributed by atoms with E-state index in [9.17, 15) is 0 Å². The van der Waals surface area contributed by atoms with Gasteiger partial charge in [0.15, 0.2) is 0 Å². The van der Waals surface area contributed by atoms with Crippen LogP contribution in [0.4, 0.5) is 5.69 Å². The summed E-state index contributed by atoms with van der Waals surface area (Å²) in [5.74, 6) is 0. The smallest absolute Gasteiger partial charge is 0.226 e. The molecule has 0 aromatic heterocycles. The third-order valence-corrected chi connectivity index (χ3v) is 1.44. The lowest BCUT2D eigenvalue weighted by Gasteiger charge is -2.12. The van der Waals surface area contributed by atoms with Gasteiger partial charge >= 0.3 is 0 Å². The van der Waals surface area contributed by atoms with Gasteiger partial charge in [-0.1, -0.05) is 17.7 Å². The molecule has 1 aromatic carbocycles. The van der Waals surface area contributed by atoms with Gasteiger partial charge in [-0.3, -0.25) is 0 Å². The third kappa shape index (κ3) is 1.53. The van der Waals surface area contributed by atoms with Crippen LogP contribution in [0.1, 0.15) is 5.56 Å². The van der Waals surface area contributed by atoms with E-state index in [4.69, 9.17) is 7.98 Å². The Morgan fingerprint density at radius 3 is 2.10 bits per heavy atom. The molecule has 0 heterocycles. The predicted octanol–water partition coefficient (Wildman–Crippen LogP) is 1.51. The summed E-state index contributed by atoms with van der Waals surface area (Å²) in [5, 5.41) is 0. The Kier molecular flexibility index (Phi) is 2.00. The fourth-order valence-electron chi connectivity index (χ4n) is 0.780. The Labute approximate surface area is 63.1 Å².